The molecule has 0 bridgehead atoms. The third-order valence-corrected chi connectivity index (χ3v) is 4.15. The number of hydrogen-bond donors (Lipinski definition) is 2. The first-order valence-electron chi connectivity index (χ1n) is 5.32. The van der Waals surface area contributed by atoms with Crippen molar-refractivity contribution in [1.82, 2.24) is 5.32 Å². The first-order chi connectivity index (χ1) is 7.60. The summed E-state index contributed by atoms with van der Waals surface area (Å²) in [5.74, 6) is 0.140. The highest BCUT2D eigenvalue weighted by Gasteiger charge is 2.10. The molecule has 0 heterocycles. The van der Waals surface area contributed by atoms with E-state index in [1.54, 1.807) is 19.1 Å². The Bertz CT molecular complexity index is 412. The predicted octanol–water partition coefficient (Wildman–Crippen LogP) is 0.529. The van der Waals surface area contributed by atoms with Crippen LogP contribution in [-0.2, 0) is 16.3 Å². The van der Waals surface area contributed by atoms with Gasteiger partial charge in [-0.05, 0) is 24.1 Å². The summed E-state index contributed by atoms with van der Waals surface area (Å²) in [5, 5.41) is 3.01. The van der Waals surface area contributed by atoms with Crippen molar-refractivity contribution in [3.63, 3.8) is 0 Å². The summed E-state index contributed by atoms with van der Waals surface area (Å²) in [7, 11) is -3.08. The van der Waals surface area contributed by atoms with Gasteiger partial charge in [-0.3, -0.25) is 0 Å². The molecular formula is C11H18N2O2S. The standard InChI is InChI=1S/C11H18N2O2S/c1-2-16(14,15)11-5-3-10(4-6-11)7-8-13-9-12/h3-6,13H,2,7-9,12H2,1H3. The van der Waals surface area contributed by atoms with E-state index in [0.29, 0.717) is 11.6 Å². The molecule has 0 spiro atoms. The number of rotatable bonds is 6. The molecule has 0 aliphatic heterocycles. The van der Waals surface area contributed by atoms with Crippen molar-refractivity contribution in [1.29, 1.82) is 0 Å². The first-order valence-corrected chi connectivity index (χ1v) is 6.98. The maximum absolute atomic E-state index is 11.5. The Morgan fingerprint density at radius 3 is 2.38 bits per heavy atom. The van der Waals surface area contributed by atoms with Crippen LogP contribution in [0.25, 0.3) is 0 Å². The third kappa shape index (κ3) is 3.59. The van der Waals surface area contributed by atoms with Gasteiger partial charge in [0.1, 0.15) is 0 Å². The second-order valence-corrected chi connectivity index (χ2v) is 5.78. The molecule has 0 atom stereocenters. The van der Waals surface area contributed by atoms with Gasteiger partial charge in [0.25, 0.3) is 0 Å². The van der Waals surface area contributed by atoms with Crippen LogP contribution in [0.2, 0.25) is 0 Å². The zero-order chi connectivity index (χ0) is 12.0. The fourth-order valence-electron chi connectivity index (χ4n) is 1.36. The van der Waals surface area contributed by atoms with Crippen molar-refractivity contribution in [2.45, 2.75) is 18.2 Å². The normalized spacial score (nSPS) is 11.6. The largest absolute Gasteiger partial charge is 0.318 e. The Morgan fingerprint density at radius 1 is 1.25 bits per heavy atom. The summed E-state index contributed by atoms with van der Waals surface area (Å²) >= 11 is 0. The van der Waals surface area contributed by atoms with Crippen molar-refractivity contribution in [3.8, 4) is 0 Å². The van der Waals surface area contributed by atoms with E-state index in [9.17, 15) is 8.42 Å². The molecule has 90 valence electrons. The molecule has 1 aromatic rings. The molecule has 16 heavy (non-hydrogen) atoms. The third-order valence-electron chi connectivity index (χ3n) is 2.40. The second-order valence-electron chi connectivity index (χ2n) is 3.50. The van der Waals surface area contributed by atoms with Crippen LogP contribution >= 0.6 is 0 Å². The summed E-state index contributed by atoms with van der Waals surface area (Å²) < 4.78 is 23.1. The monoisotopic (exact) mass is 242 g/mol. The van der Waals surface area contributed by atoms with Crippen molar-refractivity contribution < 1.29 is 8.42 Å². The molecule has 0 saturated heterocycles. The summed E-state index contributed by atoms with van der Waals surface area (Å²) in [5.41, 5.74) is 6.41. The molecule has 1 aromatic carbocycles. The molecule has 0 saturated carbocycles. The topological polar surface area (TPSA) is 72.2 Å². The van der Waals surface area contributed by atoms with Crippen LogP contribution in [-0.4, -0.2) is 27.4 Å². The number of sulfone groups is 1. The van der Waals surface area contributed by atoms with Gasteiger partial charge in [0.05, 0.1) is 10.6 Å². The predicted molar refractivity (Wildman–Crippen MR) is 64.9 cm³/mol. The average Bonchev–Trinajstić information content (AvgIpc) is 2.30. The van der Waals surface area contributed by atoms with Crippen molar-refractivity contribution in [2.24, 2.45) is 5.73 Å². The molecule has 0 amide bonds. The molecule has 0 fully saturated rings. The van der Waals surface area contributed by atoms with Gasteiger partial charge in [0.15, 0.2) is 9.84 Å². The lowest BCUT2D eigenvalue weighted by Gasteiger charge is -2.04. The average molecular weight is 242 g/mol. The SMILES string of the molecule is CCS(=O)(=O)c1ccc(CCNCN)cc1. The van der Waals surface area contributed by atoms with Crippen LogP contribution in [0.4, 0.5) is 0 Å². The van der Waals surface area contributed by atoms with Crippen molar-refractivity contribution >= 4 is 9.84 Å². The highest BCUT2D eigenvalue weighted by molar-refractivity contribution is 7.91. The van der Waals surface area contributed by atoms with Crippen molar-refractivity contribution in [2.75, 3.05) is 19.0 Å². The van der Waals surface area contributed by atoms with Gasteiger partial charge >= 0.3 is 0 Å². The molecule has 4 nitrogen and oxygen atoms in total. The van der Waals surface area contributed by atoms with Gasteiger partial charge < -0.3 is 11.1 Å². The summed E-state index contributed by atoms with van der Waals surface area (Å²) in [6.45, 7) is 2.91. The van der Waals surface area contributed by atoms with Gasteiger partial charge in [-0.15, -0.1) is 0 Å². The lowest BCUT2D eigenvalue weighted by Crippen LogP contribution is -2.24. The van der Waals surface area contributed by atoms with Gasteiger partial charge in [-0.2, -0.15) is 0 Å². The van der Waals surface area contributed by atoms with Crippen LogP contribution in [0.15, 0.2) is 29.2 Å². The maximum atomic E-state index is 11.5. The molecule has 0 aromatic heterocycles. The van der Waals surface area contributed by atoms with Gasteiger partial charge in [-0.1, -0.05) is 19.1 Å². The van der Waals surface area contributed by atoms with Crippen LogP contribution in [0.5, 0.6) is 0 Å². The molecule has 0 aliphatic carbocycles. The fraction of sp³-hybridized carbons (Fsp3) is 0.455. The highest BCUT2D eigenvalue weighted by Crippen LogP contribution is 2.12. The second kappa shape index (κ2) is 5.98. The van der Waals surface area contributed by atoms with E-state index in [1.807, 2.05) is 12.1 Å². The molecule has 0 aliphatic rings. The van der Waals surface area contributed by atoms with E-state index in [4.69, 9.17) is 5.73 Å². The Hall–Kier alpha value is -0.910. The minimum atomic E-state index is -3.08. The van der Waals surface area contributed by atoms with Gasteiger partial charge in [0, 0.05) is 13.2 Å². The Balaban J connectivity index is 2.68. The Morgan fingerprint density at radius 2 is 1.88 bits per heavy atom. The molecular weight excluding hydrogens is 224 g/mol. The van der Waals surface area contributed by atoms with E-state index in [1.165, 1.54) is 0 Å². The summed E-state index contributed by atoms with van der Waals surface area (Å²) in [6.07, 6.45) is 0.851. The maximum Gasteiger partial charge on any atom is 0.178 e. The molecule has 0 unspecified atom stereocenters. The minimum Gasteiger partial charge on any atom is -0.318 e. The number of nitrogens with two attached hydrogens (primary N) is 1. The quantitative estimate of drug-likeness (QED) is 0.564. The van der Waals surface area contributed by atoms with Gasteiger partial charge in [-0.25, -0.2) is 8.42 Å². The number of benzene rings is 1. The minimum absolute atomic E-state index is 0.140. The lowest BCUT2D eigenvalue weighted by molar-refractivity contribution is 0.597. The highest BCUT2D eigenvalue weighted by atomic mass is 32.2. The van der Waals surface area contributed by atoms with Crippen LogP contribution in [0.3, 0.4) is 0 Å². The van der Waals surface area contributed by atoms with E-state index in [-0.39, 0.29) is 5.75 Å². The lowest BCUT2D eigenvalue weighted by atomic mass is 10.1. The molecule has 1 rings (SSSR count). The fourth-order valence-corrected chi connectivity index (χ4v) is 2.25. The zero-order valence-corrected chi connectivity index (χ0v) is 10.3. The smallest absolute Gasteiger partial charge is 0.178 e. The van der Waals surface area contributed by atoms with Crippen LogP contribution in [0.1, 0.15) is 12.5 Å². The van der Waals surface area contributed by atoms with Crippen LogP contribution in [0, 0.1) is 0 Å². The zero-order valence-electron chi connectivity index (χ0n) is 9.44. The Labute approximate surface area is 96.8 Å². The van der Waals surface area contributed by atoms with Crippen LogP contribution < -0.4 is 11.1 Å². The van der Waals surface area contributed by atoms with E-state index >= 15 is 0 Å². The molecule has 5 heteroatoms. The van der Waals surface area contributed by atoms with Crippen molar-refractivity contribution in [3.05, 3.63) is 29.8 Å². The van der Waals surface area contributed by atoms with E-state index in [0.717, 1.165) is 18.5 Å². The van der Waals surface area contributed by atoms with E-state index in [2.05, 4.69) is 5.32 Å². The first kappa shape index (κ1) is 13.2. The Kier molecular flexibility index (Phi) is 4.92. The number of hydrogen-bond acceptors (Lipinski definition) is 4. The summed E-state index contributed by atoms with van der Waals surface area (Å²) in [4.78, 5) is 0.394. The van der Waals surface area contributed by atoms with Gasteiger partial charge in [0.2, 0.25) is 0 Å². The number of nitrogens with one attached hydrogen (secondary N) is 1. The van der Waals surface area contributed by atoms with E-state index < -0.39 is 9.84 Å². The molecule has 0 radical (unpaired) electrons. The summed E-state index contributed by atoms with van der Waals surface area (Å²) in [6, 6.07) is 7.02. The molecule has 3 N–H and O–H groups in total.